The van der Waals surface area contributed by atoms with E-state index in [1.807, 2.05) is 54.6 Å². The van der Waals surface area contributed by atoms with E-state index in [0.717, 1.165) is 76.0 Å². The lowest BCUT2D eigenvalue weighted by molar-refractivity contribution is 0.106. The van der Waals surface area contributed by atoms with Gasteiger partial charge < -0.3 is 19.7 Å². The number of nitrogens with zero attached hydrogens (tertiary/aromatic N) is 1. The first-order valence-electron chi connectivity index (χ1n) is 16.2. The summed E-state index contributed by atoms with van der Waals surface area (Å²) in [6.45, 7) is 4.18. The minimum absolute atomic E-state index is 0.143. The number of rotatable bonds is 21. The summed E-state index contributed by atoms with van der Waals surface area (Å²) in [5.41, 5.74) is 5.18. The lowest BCUT2D eigenvalue weighted by atomic mass is 10.0. The lowest BCUT2D eigenvalue weighted by Crippen LogP contribution is -2.29. The molecule has 0 heterocycles. The Labute approximate surface area is 264 Å². The molecule has 0 saturated heterocycles. The van der Waals surface area contributed by atoms with E-state index in [-0.39, 0.29) is 6.61 Å². The smallest absolute Gasteiger partial charge is 0.125 e. The Morgan fingerprint density at radius 1 is 0.636 bits per heavy atom. The van der Waals surface area contributed by atoms with E-state index in [1.54, 1.807) is 0 Å². The number of hydrogen-bond acceptors (Lipinski definition) is 5. The van der Waals surface area contributed by atoms with Crippen molar-refractivity contribution in [2.45, 2.75) is 70.8 Å². The molecule has 5 heteroatoms. The maximum atomic E-state index is 11.2. The second-order valence-corrected chi connectivity index (χ2v) is 11.5. The lowest BCUT2D eigenvalue weighted by Gasteiger charge is -2.26. The van der Waals surface area contributed by atoms with Crippen LogP contribution in [-0.4, -0.2) is 41.4 Å². The van der Waals surface area contributed by atoms with Crippen molar-refractivity contribution in [1.29, 1.82) is 0 Å². The molecule has 0 bridgehead atoms. The Balaban J connectivity index is 1.19. The molecule has 2 N–H and O–H groups in total. The van der Waals surface area contributed by atoms with Crippen LogP contribution in [0.3, 0.4) is 0 Å². The van der Waals surface area contributed by atoms with Gasteiger partial charge in [-0.05, 0) is 73.0 Å². The highest BCUT2D eigenvalue weighted by atomic mass is 16.5. The van der Waals surface area contributed by atoms with Gasteiger partial charge in [0.05, 0.1) is 12.7 Å². The molecule has 0 amide bonds. The molecule has 234 valence electrons. The molecule has 0 aliphatic rings. The fourth-order valence-corrected chi connectivity index (χ4v) is 5.41. The molecular formula is C39H49NO4. The molecule has 0 aromatic heterocycles. The van der Waals surface area contributed by atoms with Gasteiger partial charge in [-0.1, -0.05) is 110 Å². The summed E-state index contributed by atoms with van der Waals surface area (Å²) >= 11 is 0. The SMILES string of the molecule is OCc1cc(C(O)CN(CCCCCCOCCCCc2ccccc2)Cc2ccccc2)ccc1OCc1ccccc1. The van der Waals surface area contributed by atoms with Crippen molar-refractivity contribution < 1.29 is 19.7 Å². The van der Waals surface area contributed by atoms with Crippen LogP contribution in [0.5, 0.6) is 5.75 Å². The summed E-state index contributed by atoms with van der Waals surface area (Å²) in [6, 6.07) is 36.7. The normalized spacial score (nSPS) is 12.0. The van der Waals surface area contributed by atoms with E-state index < -0.39 is 6.10 Å². The maximum Gasteiger partial charge on any atom is 0.125 e. The van der Waals surface area contributed by atoms with Gasteiger partial charge in [-0.2, -0.15) is 0 Å². The third-order valence-electron chi connectivity index (χ3n) is 7.92. The van der Waals surface area contributed by atoms with Gasteiger partial charge in [0.1, 0.15) is 12.4 Å². The molecule has 4 rings (SSSR count). The molecule has 4 aromatic carbocycles. The van der Waals surface area contributed by atoms with Crippen LogP contribution in [0.15, 0.2) is 109 Å². The number of hydrogen-bond donors (Lipinski definition) is 2. The van der Waals surface area contributed by atoms with Crippen molar-refractivity contribution in [1.82, 2.24) is 4.90 Å². The van der Waals surface area contributed by atoms with Crippen LogP contribution in [0, 0.1) is 0 Å². The number of aliphatic hydroxyl groups excluding tert-OH is 2. The third kappa shape index (κ3) is 12.3. The van der Waals surface area contributed by atoms with Gasteiger partial charge in [0.25, 0.3) is 0 Å². The first kappa shape index (κ1) is 33.4. The van der Waals surface area contributed by atoms with E-state index in [9.17, 15) is 10.2 Å². The van der Waals surface area contributed by atoms with Crippen LogP contribution in [0.2, 0.25) is 0 Å². The second kappa shape index (κ2) is 19.7. The van der Waals surface area contributed by atoms with Crippen molar-refractivity contribution in [2.75, 3.05) is 26.3 Å². The Hall–Kier alpha value is -3.48. The fourth-order valence-electron chi connectivity index (χ4n) is 5.41. The molecule has 44 heavy (non-hydrogen) atoms. The molecule has 0 spiro atoms. The quantitative estimate of drug-likeness (QED) is 0.0960. The first-order chi connectivity index (χ1) is 21.7. The Bertz CT molecular complexity index is 1300. The third-order valence-corrected chi connectivity index (χ3v) is 7.92. The monoisotopic (exact) mass is 595 g/mol. The zero-order valence-electron chi connectivity index (χ0n) is 26.0. The summed E-state index contributed by atoms with van der Waals surface area (Å²) in [5, 5.41) is 21.3. The van der Waals surface area contributed by atoms with Crippen LogP contribution < -0.4 is 4.74 Å². The Morgan fingerprint density at radius 3 is 1.93 bits per heavy atom. The van der Waals surface area contributed by atoms with Crippen molar-refractivity contribution >= 4 is 0 Å². The Kier molecular flexibility index (Phi) is 15.0. The molecule has 4 aromatic rings. The standard InChI is InChI=1S/C39H49NO4/c41-31-37-28-36(23-24-39(37)44-32-35-21-10-5-11-22-35)38(42)30-40(29-34-19-8-4-9-20-34)25-13-1-2-14-26-43-27-15-12-18-33-16-6-3-7-17-33/h3-11,16-17,19-24,28,38,41-42H,1-2,12-15,18,25-27,29-32H2. The summed E-state index contributed by atoms with van der Waals surface area (Å²) in [6.07, 6.45) is 7.18. The number of benzene rings is 4. The molecule has 0 aliphatic heterocycles. The van der Waals surface area contributed by atoms with Crippen LogP contribution in [-0.2, 0) is 30.9 Å². The Morgan fingerprint density at radius 2 is 1.25 bits per heavy atom. The second-order valence-electron chi connectivity index (χ2n) is 11.5. The van der Waals surface area contributed by atoms with Crippen molar-refractivity contribution in [2.24, 2.45) is 0 Å². The predicted octanol–water partition coefficient (Wildman–Crippen LogP) is 7.89. The highest BCUT2D eigenvalue weighted by Gasteiger charge is 2.16. The predicted molar refractivity (Wildman–Crippen MR) is 178 cm³/mol. The van der Waals surface area contributed by atoms with E-state index >= 15 is 0 Å². The minimum Gasteiger partial charge on any atom is -0.489 e. The number of ether oxygens (including phenoxy) is 2. The fraction of sp³-hybridized carbons (Fsp3) is 0.385. The highest BCUT2D eigenvalue weighted by Crippen LogP contribution is 2.26. The molecule has 0 aliphatic carbocycles. The minimum atomic E-state index is -0.664. The average Bonchev–Trinajstić information content (AvgIpc) is 3.07. The molecule has 1 unspecified atom stereocenters. The van der Waals surface area contributed by atoms with Crippen molar-refractivity contribution in [3.05, 3.63) is 137 Å². The van der Waals surface area contributed by atoms with Gasteiger partial charge in [0.2, 0.25) is 0 Å². The highest BCUT2D eigenvalue weighted by molar-refractivity contribution is 5.38. The van der Waals surface area contributed by atoms with Gasteiger partial charge in [0, 0.05) is 31.9 Å². The van der Waals surface area contributed by atoms with Crippen LogP contribution in [0.1, 0.15) is 72.4 Å². The van der Waals surface area contributed by atoms with E-state index in [1.165, 1.54) is 17.5 Å². The van der Waals surface area contributed by atoms with Crippen LogP contribution >= 0.6 is 0 Å². The molecule has 0 saturated carbocycles. The average molecular weight is 596 g/mol. The molecule has 0 fully saturated rings. The van der Waals surface area contributed by atoms with Crippen molar-refractivity contribution in [3.63, 3.8) is 0 Å². The van der Waals surface area contributed by atoms with Gasteiger partial charge in [-0.15, -0.1) is 0 Å². The molecule has 1 atom stereocenters. The van der Waals surface area contributed by atoms with Gasteiger partial charge >= 0.3 is 0 Å². The topological polar surface area (TPSA) is 62.2 Å². The summed E-state index contributed by atoms with van der Waals surface area (Å²) in [5.74, 6) is 0.643. The first-order valence-corrected chi connectivity index (χ1v) is 16.2. The summed E-state index contributed by atoms with van der Waals surface area (Å²) in [4.78, 5) is 2.33. The zero-order chi connectivity index (χ0) is 30.7. The largest absolute Gasteiger partial charge is 0.489 e. The van der Waals surface area contributed by atoms with E-state index in [2.05, 4.69) is 59.5 Å². The van der Waals surface area contributed by atoms with Crippen molar-refractivity contribution in [3.8, 4) is 5.75 Å². The molecule has 0 radical (unpaired) electrons. The van der Waals surface area contributed by atoms with Crippen LogP contribution in [0.25, 0.3) is 0 Å². The van der Waals surface area contributed by atoms with Gasteiger partial charge in [-0.25, -0.2) is 0 Å². The summed E-state index contributed by atoms with van der Waals surface area (Å²) in [7, 11) is 0. The van der Waals surface area contributed by atoms with Crippen LogP contribution in [0.4, 0.5) is 0 Å². The van der Waals surface area contributed by atoms with Gasteiger partial charge in [-0.3, -0.25) is 4.90 Å². The van der Waals surface area contributed by atoms with E-state index in [0.29, 0.717) is 24.5 Å². The molecular weight excluding hydrogens is 546 g/mol. The summed E-state index contributed by atoms with van der Waals surface area (Å²) < 4.78 is 11.9. The van der Waals surface area contributed by atoms with Gasteiger partial charge in [0.15, 0.2) is 0 Å². The zero-order valence-corrected chi connectivity index (χ0v) is 26.0. The number of unbranched alkanes of at least 4 members (excludes halogenated alkanes) is 4. The molecule has 5 nitrogen and oxygen atoms in total. The maximum absolute atomic E-state index is 11.2. The number of aryl methyl sites for hydroxylation is 1. The number of aliphatic hydroxyl groups is 2. The van der Waals surface area contributed by atoms with E-state index in [4.69, 9.17) is 9.47 Å².